The van der Waals surface area contributed by atoms with Gasteiger partial charge in [0.05, 0.1) is 5.69 Å². The van der Waals surface area contributed by atoms with E-state index >= 15 is 0 Å². The molecule has 0 unspecified atom stereocenters. The molecule has 0 atom stereocenters. The lowest BCUT2D eigenvalue weighted by Gasteiger charge is -2.26. The Balaban J connectivity index is 2.13. The monoisotopic (exact) mass is 221 g/mol. The number of carbonyl (C=O) groups excluding carboxylic acids is 1. The van der Waals surface area contributed by atoms with Crippen molar-refractivity contribution in [2.24, 2.45) is 0 Å². The van der Waals surface area contributed by atoms with Gasteiger partial charge in [-0.05, 0) is 17.7 Å². The van der Waals surface area contributed by atoms with E-state index in [1.54, 1.807) is 12.1 Å². The highest BCUT2D eigenvalue weighted by Crippen LogP contribution is 2.21. The van der Waals surface area contributed by atoms with Crippen LogP contribution in [0.5, 0.6) is 0 Å². The van der Waals surface area contributed by atoms with E-state index in [0.717, 1.165) is 17.8 Å². The third-order valence-electron chi connectivity index (χ3n) is 2.78. The topological polar surface area (TPSA) is 55.8 Å². The van der Waals surface area contributed by atoms with Crippen LogP contribution in [-0.4, -0.2) is 29.7 Å². The molecule has 86 valence electrons. The summed E-state index contributed by atoms with van der Waals surface area (Å²) in [6, 6.07) is 7.74. The van der Waals surface area contributed by atoms with Crippen LogP contribution in [0.25, 0.3) is 0 Å². The molecule has 1 amide bonds. The fourth-order valence-corrected chi connectivity index (χ4v) is 1.83. The molecule has 5 heteroatoms. The molecule has 0 bridgehead atoms. The van der Waals surface area contributed by atoms with Gasteiger partial charge in [0.2, 0.25) is 5.91 Å². The Labute approximate surface area is 94.2 Å². The number of hydrogen-bond donors (Lipinski definition) is 2. The Bertz CT molecular complexity index is 377. The van der Waals surface area contributed by atoms with E-state index in [1.165, 1.54) is 0 Å². The van der Waals surface area contributed by atoms with Crippen LogP contribution in [0.15, 0.2) is 24.3 Å². The van der Waals surface area contributed by atoms with Gasteiger partial charge in [0, 0.05) is 26.6 Å². The molecule has 16 heavy (non-hydrogen) atoms. The highest BCUT2D eigenvalue weighted by molar-refractivity contribution is 5.81. The van der Waals surface area contributed by atoms with Crippen LogP contribution in [-0.2, 0) is 11.3 Å². The molecule has 1 heterocycles. The third-order valence-corrected chi connectivity index (χ3v) is 2.78. The zero-order valence-corrected chi connectivity index (χ0v) is 9.18. The zero-order chi connectivity index (χ0) is 11.5. The van der Waals surface area contributed by atoms with Crippen molar-refractivity contribution >= 4 is 11.6 Å². The second-order valence-electron chi connectivity index (χ2n) is 3.79. The molecule has 1 saturated heterocycles. The molecule has 0 aromatic heterocycles. The summed E-state index contributed by atoms with van der Waals surface area (Å²) in [5, 5.41) is 12.1. The first-order chi connectivity index (χ1) is 7.72. The second kappa shape index (κ2) is 4.51. The van der Waals surface area contributed by atoms with Gasteiger partial charge in [-0.1, -0.05) is 12.1 Å². The Hall–Kier alpha value is -1.59. The number of benzene rings is 1. The summed E-state index contributed by atoms with van der Waals surface area (Å²) in [4.78, 5) is 11.4. The van der Waals surface area contributed by atoms with E-state index in [1.807, 2.05) is 29.3 Å². The minimum absolute atomic E-state index is 0.140. The van der Waals surface area contributed by atoms with Crippen LogP contribution < -0.4 is 10.5 Å². The van der Waals surface area contributed by atoms with Crippen LogP contribution >= 0.6 is 0 Å². The maximum atomic E-state index is 11.4. The smallest absolute Gasteiger partial charge is 0.242 e. The molecular weight excluding hydrogens is 206 g/mol. The number of nitrogens with one attached hydrogen (secondary N) is 1. The highest BCUT2D eigenvalue weighted by atomic mass is 16.5. The number of amides is 1. The van der Waals surface area contributed by atoms with Gasteiger partial charge in [-0.25, -0.2) is 5.48 Å². The number of hydrogen-bond acceptors (Lipinski definition) is 4. The summed E-state index contributed by atoms with van der Waals surface area (Å²) in [5.41, 5.74) is 4.11. The summed E-state index contributed by atoms with van der Waals surface area (Å²) < 4.78 is 0. The number of hydrazine groups is 1. The van der Waals surface area contributed by atoms with Crippen LogP contribution in [0.2, 0.25) is 0 Å². The van der Waals surface area contributed by atoms with E-state index in [9.17, 15) is 4.79 Å². The predicted molar refractivity (Wildman–Crippen MR) is 59.8 cm³/mol. The number of rotatable bonds is 3. The molecule has 1 aliphatic rings. The van der Waals surface area contributed by atoms with Crippen molar-refractivity contribution in [3.05, 3.63) is 29.8 Å². The lowest BCUT2D eigenvalue weighted by molar-refractivity contribution is -0.126. The number of nitrogens with zero attached hydrogens (tertiary/aromatic N) is 2. The van der Waals surface area contributed by atoms with E-state index in [-0.39, 0.29) is 5.91 Å². The highest BCUT2D eigenvalue weighted by Gasteiger charge is 2.25. The van der Waals surface area contributed by atoms with E-state index in [2.05, 4.69) is 5.48 Å². The lowest BCUT2D eigenvalue weighted by atomic mass is 10.2. The zero-order valence-electron chi connectivity index (χ0n) is 9.18. The quantitative estimate of drug-likeness (QED) is 0.739. The van der Waals surface area contributed by atoms with E-state index in [0.29, 0.717) is 13.0 Å². The molecule has 1 fully saturated rings. The van der Waals surface area contributed by atoms with Gasteiger partial charge in [-0.15, -0.1) is 0 Å². The minimum atomic E-state index is 0.140. The van der Waals surface area contributed by atoms with Crippen LogP contribution in [0, 0.1) is 0 Å². The van der Waals surface area contributed by atoms with Gasteiger partial charge in [0.15, 0.2) is 0 Å². The third kappa shape index (κ3) is 2.00. The average molecular weight is 221 g/mol. The van der Waals surface area contributed by atoms with Crippen molar-refractivity contribution in [1.82, 2.24) is 10.5 Å². The van der Waals surface area contributed by atoms with Gasteiger partial charge >= 0.3 is 0 Å². The normalized spacial score (nSPS) is 16.0. The SMILES string of the molecule is CN1C(=O)CCN1c1ccc(CNO)cc1. The van der Waals surface area contributed by atoms with Gasteiger partial charge in [-0.3, -0.25) is 14.8 Å². The van der Waals surface area contributed by atoms with Crippen LogP contribution in [0.4, 0.5) is 5.69 Å². The molecule has 0 radical (unpaired) electrons. The molecule has 0 saturated carbocycles. The first-order valence-electron chi connectivity index (χ1n) is 5.22. The molecule has 1 aromatic carbocycles. The molecule has 1 aliphatic heterocycles. The summed E-state index contributed by atoms with van der Waals surface area (Å²) in [6.45, 7) is 1.15. The van der Waals surface area contributed by atoms with Gasteiger partial charge in [0.25, 0.3) is 0 Å². The summed E-state index contributed by atoms with van der Waals surface area (Å²) in [6.07, 6.45) is 0.566. The van der Waals surface area contributed by atoms with E-state index < -0.39 is 0 Å². The van der Waals surface area contributed by atoms with E-state index in [4.69, 9.17) is 5.21 Å². The van der Waals surface area contributed by atoms with Crippen LogP contribution in [0.3, 0.4) is 0 Å². The summed E-state index contributed by atoms with van der Waals surface area (Å²) in [7, 11) is 1.78. The Morgan fingerprint density at radius 3 is 2.56 bits per heavy atom. The fourth-order valence-electron chi connectivity index (χ4n) is 1.83. The first-order valence-corrected chi connectivity index (χ1v) is 5.22. The number of carbonyl (C=O) groups is 1. The molecule has 2 rings (SSSR count). The molecule has 1 aromatic rings. The molecule has 0 aliphatic carbocycles. The maximum absolute atomic E-state index is 11.4. The van der Waals surface area contributed by atoms with Crippen molar-refractivity contribution in [3.63, 3.8) is 0 Å². The second-order valence-corrected chi connectivity index (χ2v) is 3.79. The van der Waals surface area contributed by atoms with Gasteiger partial charge in [0.1, 0.15) is 0 Å². The van der Waals surface area contributed by atoms with Crippen molar-refractivity contribution < 1.29 is 10.0 Å². The van der Waals surface area contributed by atoms with Crippen molar-refractivity contribution in [2.75, 3.05) is 18.6 Å². The van der Waals surface area contributed by atoms with Crippen molar-refractivity contribution in [1.29, 1.82) is 0 Å². The van der Waals surface area contributed by atoms with Gasteiger partial charge in [-0.2, -0.15) is 0 Å². The molecular formula is C11H15N3O2. The molecule has 2 N–H and O–H groups in total. The largest absolute Gasteiger partial charge is 0.316 e. The van der Waals surface area contributed by atoms with Crippen molar-refractivity contribution in [2.45, 2.75) is 13.0 Å². The van der Waals surface area contributed by atoms with Crippen LogP contribution in [0.1, 0.15) is 12.0 Å². The summed E-state index contributed by atoms with van der Waals surface area (Å²) in [5.74, 6) is 0.140. The number of hydroxylamine groups is 1. The maximum Gasteiger partial charge on any atom is 0.242 e. The fraction of sp³-hybridized carbons (Fsp3) is 0.364. The Kier molecular flexibility index (Phi) is 3.07. The predicted octanol–water partition coefficient (Wildman–Crippen LogP) is 0.749. The Morgan fingerprint density at radius 2 is 2.06 bits per heavy atom. The van der Waals surface area contributed by atoms with Crippen molar-refractivity contribution in [3.8, 4) is 0 Å². The number of anilines is 1. The minimum Gasteiger partial charge on any atom is -0.316 e. The molecule has 0 spiro atoms. The lowest BCUT2D eigenvalue weighted by Crippen LogP contribution is -2.35. The average Bonchev–Trinajstić information content (AvgIpc) is 2.62. The Morgan fingerprint density at radius 1 is 1.38 bits per heavy atom. The summed E-state index contributed by atoms with van der Waals surface area (Å²) >= 11 is 0. The standard InChI is InChI=1S/C11H15N3O2/c1-13-11(15)6-7-14(13)10-4-2-9(3-5-10)8-12-16/h2-5,12,16H,6-8H2,1H3. The first kappa shape index (κ1) is 10.9. The molecule has 5 nitrogen and oxygen atoms in total. The van der Waals surface area contributed by atoms with Gasteiger partial charge < -0.3 is 5.21 Å².